The SMILES string of the molecule is O=C(Nc1ccc(Nc2ccccc2)nc1)C1CCN(C(=O)N2CCCC2)CC1. The molecule has 1 aromatic heterocycles. The van der Waals surface area contributed by atoms with E-state index < -0.39 is 0 Å². The minimum Gasteiger partial charge on any atom is -0.340 e. The summed E-state index contributed by atoms with van der Waals surface area (Å²) in [6.07, 6.45) is 5.25. The summed E-state index contributed by atoms with van der Waals surface area (Å²) in [7, 11) is 0. The summed E-state index contributed by atoms with van der Waals surface area (Å²) >= 11 is 0. The van der Waals surface area contributed by atoms with Crippen molar-refractivity contribution in [3.05, 3.63) is 48.7 Å². The highest BCUT2D eigenvalue weighted by Gasteiger charge is 2.30. The van der Waals surface area contributed by atoms with Crippen molar-refractivity contribution in [2.24, 2.45) is 5.92 Å². The number of para-hydroxylation sites is 1. The van der Waals surface area contributed by atoms with Gasteiger partial charge in [0.05, 0.1) is 11.9 Å². The molecule has 0 saturated carbocycles. The molecule has 0 aliphatic carbocycles. The van der Waals surface area contributed by atoms with Crippen molar-refractivity contribution in [3.63, 3.8) is 0 Å². The van der Waals surface area contributed by atoms with E-state index in [-0.39, 0.29) is 17.9 Å². The van der Waals surface area contributed by atoms with Gasteiger partial charge in [0.15, 0.2) is 0 Å². The number of piperidine rings is 1. The van der Waals surface area contributed by atoms with E-state index in [0.717, 1.165) is 37.4 Å². The highest BCUT2D eigenvalue weighted by Crippen LogP contribution is 2.22. The average molecular weight is 393 g/mol. The fourth-order valence-electron chi connectivity index (χ4n) is 3.90. The molecule has 3 amide bonds. The molecule has 2 saturated heterocycles. The van der Waals surface area contributed by atoms with E-state index in [1.165, 1.54) is 0 Å². The molecule has 3 heterocycles. The molecule has 2 aliphatic rings. The lowest BCUT2D eigenvalue weighted by Crippen LogP contribution is -2.47. The Kier molecular flexibility index (Phi) is 5.93. The second-order valence-electron chi connectivity index (χ2n) is 7.65. The standard InChI is InChI=1S/C22H27N5O2/c28-21(17-10-14-27(15-11-17)22(29)26-12-4-5-13-26)25-19-8-9-20(23-16-19)24-18-6-2-1-3-7-18/h1-3,6-9,16-17H,4-5,10-15H2,(H,23,24)(H,25,28). The Morgan fingerprint density at radius 2 is 1.55 bits per heavy atom. The molecule has 2 fully saturated rings. The molecule has 7 nitrogen and oxygen atoms in total. The smallest absolute Gasteiger partial charge is 0.319 e. The van der Waals surface area contributed by atoms with Crippen molar-refractivity contribution in [1.82, 2.24) is 14.8 Å². The van der Waals surface area contributed by atoms with Crippen molar-refractivity contribution in [1.29, 1.82) is 0 Å². The molecular weight excluding hydrogens is 366 g/mol. The van der Waals surface area contributed by atoms with Gasteiger partial charge in [-0.2, -0.15) is 0 Å². The van der Waals surface area contributed by atoms with Gasteiger partial charge in [0.1, 0.15) is 5.82 Å². The first-order valence-corrected chi connectivity index (χ1v) is 10.3. The molecule has 0 spiro atoms. The van der Waals surface area contributed by atoms with Crippen LogP contribution in [0.3, 0.4) is 0 Å². The zero-order valence-electron chi connectivity index (χ0n) is 16.5. The van der Waals surface area contributed by atoms with Crippen LogP contribution in [0.1, 0.15) is 25.7 Å². The zero-order chi connectivity index (χ0) is 20.1. The second kappa shape index (κ2) is 8.94. The largest absolute Gasteiger partial charge is 0.340 e. The van der Waals surface area contributed by atoms with Gasteiger partial charge in [0, 0.05) is 37.8 Å². The van der Waals surface area contributed by atoms with Crippen molar-refractivity contribution < 1.29 is 9.59 Å². The highest BCUT2D eigenvalue weighted by atomic mass is 16.2. The Bertz CT molecular complexity index is 826. The summed E-state index contributed by atoms with van der Waals surface area (Å²) in [5.74, 6) is 0.659. The number of nitrogens with zero attached hydrogens (tertiary/aromatic N) is 3. The fraction of sp³-hybridized carbons (Fsp3) is 0.409. The molecule has 7 heteroatoms. The lowest BCUT2D eigenvalue weighted by Gasteiger charge is -2.34. The quantitative estimate of drug-likeness (QED) is 0.830. The molecule has 0 atom stereocenters. The Morgan fingerprint density at radius 3 is 2.21 bits per heavy atom. The van der Waals surface area contributed by atoms with Crippen LogP contribution in [0.25, 0.3) is 0 Å². The van der Waals surface area contributed by atoms with Crippen molar-refractivity contribution >= 4 is 29.1 Å². The van der Waals surface area contributed by atoms with Crippen LogP contribution in [-0.2, 0) is 4.79 Å². The van der Waals surface area contributed by atoms with Gasteiger partial charge in [-0.05, 0) is 49.9 Å². The monoisotopic (exact) mass is 393 g/mol. The zero-order valence-corrected chi connectivity index (χ0v) is 16.5. The Hall–Kier alpha value is -3.09. The number of rotatable bonds is 4. The first-order chi connectivity index (χ1) is 14.2. The summed E-state index contributed by atoms with van der Waals surface area (Å²) in [5, 5.41) is 6.18. The van der Waals surface area contributed by atoms with Crippen molar-refractivity contribution in [2.75, 3.05) is 36.8 Å². The third kappa shape index (κ3) is 4.85. The van der Waals surface area contributed by atoms with Crippen molar-refractivity contribution in [3.8, 4) is 0 Å². The topological polar surface area (TPSA) is 77.6 Å². The van der Waals surface area contributed by atoms with E-state index >= 15 is 0 Å². The maximum absolute atomic E-state index is 12.6. The number of urea groups is 1. The molecule has 152 valence electrons. The van der Waals surface area contributed by atoms with E-state index in [0.29, 0.717) is 31.6 Å². The van der Waals surface area contributed by atoms with E-state index in [4.69, 9.17) is 0 Å². The van der Waals surface area contributed by atoms with Gasteiger partial charge in [0.2, 0.25) is 5.91 Å². The predicted molar refractivity (Wildman–Crippen MR) is 113 cm³/mol. The molecule has 0 unspecified atom stereocenters. The van der Waals surface area contributed by atoms with Crippen LogP contribution in [0, 0.1) is 5.92 Å². The number of carbonyl (C=O) groups excluding carboxylic acids is 2. The lowest BCUT2D eigenvalue weighted by molar-refractivity contribution is -0.121. The first kappa shape index (κ1) is 19.2. The van der Waals surface area contributed by atoms with Gasteiger partial charge in [-0.15, -0.1) is 0 Å². The number of benzene rings is 1. The highest BCUT2D eigenvalue weighted by molar-refractivity contribution is 5.92. The average Bonchev–Trinajstić information content (AvgIpc) is 3.30. The number of likely N-dealkylation sites (tertiary alicyclic amines) is 2. The van der Waals surface area contributed by atoms with Crippen LogP contribution in [0.4, 0.5) is 22.0 Å². The van der Waals surface area contributed by atoms with E-state index in [9.17, 15) is 9.59 Å². The Balaban J connectivity index is 1.26. The van der Waals surface area contributed by atoms with Gasteiger partial charge in [-0.1, -0.05) is 18.2 Å². The minimum absolute atomic E-state index is 0.00356. The molecule has 0 bridgehead atoms. The normalized spacial score (nSPS) is 17.2. The molecule has 29 heavy (non-hydrogen) atoms. The van der Waals surface area contributed by atoms with Gasteiger partial charge in [0.25, 0.3) is 0 Å². The Labute approximate surface area is 171 Å². The Morgan fingerprint density at radius 1 is 0.862 bits per heavy atom. The van der Waals surface area contributed by atoms with Crippen molar-refractivity contribution in [2.45, 2.75) is 25.7 Å². The molecule has 2 N–H and O–H groups in total. The maximum Gasteiger partial charge on any atom is 0.319 e. The summed E-state index contributed by atoms with van der Waals surface area (Å²) < 4.78 is 0. The van der Waals surface area contributed by atoms with Crippen LogP contribution >= 0.6 is 0 Å². The molecular formula is C22H27N5O2. The summed E-state index contributed by atoms with van der Waals surface area (Å²) in [5.41, 5.74) is 1.65. The molecule has 0 radical (unpaired) electrons. The van der Waals surface area contributed by atoms with E-state index in [1.807, 2.05) is 52.3 Å². The number of aromatic nitrogens is 1. The first-order valence-electron chi connectivity index (χ1n) is 10.3. The number of hydrogen-bond donors (Lipinski definition) is 2. The van der Waals surface area contributed by atoms with E-state index in [2.05, 4.69) is 15.6 Å². The molecule has 4 rings (SSSR count). The maximum atomic E-state index is 12.6. The summed E-state index contributed by atoms with van der Waals surface area (Å²) in [6.45, 7) is 3.01. The number of amides is 3. The second-order valence-corrected chi connectivity index (χ2v) is 7.65. The van der Waals surface area contributed by atoms with Gasteiger partial charge in [-0.25, -0.2) is 9.78 Å². The van der Waals surface area contributed by atoms with E-state index in [1.54, 1.807) is 6.20 Å². The van der Waals surface area contributed by atoms with Crippen LogP contribution in [0.15, 0.2) is 48.7 Å². The third-order valence-electron chi connectivity index (χ3n) is 5.59. The predicted octanol–water partition coefficient (Wildman–Crippen LogP) is 3.69. The summed E-state index contributed by atoms with van der Waals surface area (Å²) in [4.78, 5) is 33.3. The molecule has 2 aliphatic heterocycles. The fourth-order valence-corrected chi connectivity index (χ4v) is 3.90. The van der Waals surface area contributed by atoms with Crippen LogP contribution < -0.4 is 10.6 Å². The molecule has 2 aromatic rings. The summed E-state index contributed by atoms with van der Waals surface area (Å²) in [6, 6.07) is 13.6. The number of hydrogen-bond acceptors (Lipinski definition) is 4. The number of carbonyl (C=O) groups is 2. The van der Waals surface area contributed by atoms with Gasteiger partial charge < -0.3 is 20.4 Å². The van der Waals surface area contributed by atoms with Gasteiger partial charge >= 0.3 is 6.03 Å². The molecule has 1 aromatic carbocycles. The van der Waals surface area contributed by atoms with Gasteiger partial charge in [-0.3, -0.25) is 4.79 Å². The third-order valence-corrected chi connectivity index (χ3v) is 5.59. The van der Waals surface area contributed by atoms with Crippen LogP contribution in [0.5, 0.6) is 0 Å². The lowest BCUT2D eigenvalue weighted by atomic mass is 9.96. The number of anilines is 3. The minimum atomic E-state index is -0.0697. The number of nitrogens with one attached hydrogen (secondary N) is 2. The van der Waals surface area contributed by atoms with Crippen LogP contribution in [0.2, 0.25) is 0 Å². The van der Waals surface area contributed by atoms with Crippen LogP contribution in [-0.4, -0.2) is 52.9 Å². The number of pyridine rings is 1.